The predicted octanol–water partition coefficient (Wildman–Crippen LogP) is 3.11. The number of benzene rings is 2. The molecule has 0 spiro atoms. The quantitative estimate of drug-likeness (QED) is 0.721. The maximum Gasteiger partial charge on any atom is 0.251 e. The average molecular weight is 414 g/mol. The van der Waals surface area contributed by atoms with Crippen LogP contribution >= 0.6 is 11.6 Å². The highest BCUT2D eigenvalue weighted by atomic mass is 35.5. The van der Waals surface area contributed by atoms with Gasteiger partial charge in [-0.3, -0.25) is 14.5 Å². The first-order chi connectivity index (χ1) is 14.0. The van der Waals surface area contributed by atoms with Crippen molar-refractivity contribution in [2.75, 3.05) is 43.1 Å². The molecule has 6 nitrogen and oxygen atoms in total. The topological polar surface area (TPSA) is 53.1 Å². The minimum Gasteiger partial charge on any atom is -0.497 e. The Hall–Kier alpha value is -2.57. The number of piperazine rings is 1. The van der Waals surface area contributed by atoms with Crippen LogP contribution in [-0.4, -0.2) is 56.0 Å². The van der Waals surface area contributed by atoms with Gasteiger partial charge in [-0.15, -0.1) is 0 Å². The molecule has 0 aromatic heterocycles. The molecular weight excluding hydrogens is 390 g/mol. The van der Waals surface area contributed by atoms with Crippen molar-refractivity contribution in [2.45, 2.75) is 19.4 Å². The summed E-state index contributed by atoms with van der Waals surface area (Å²) in [5.41, 5.74) is 2.55. The number of carbonyl (C=O) groups is 2. The van der Waals surface area contributed by atoms with Crippen LogP contribution in [0.25, 0.3) is 0 Å². The third kappa shape index (κ3) is 3.82. The zero-order chi connectivity index (χ0) is 20.5. The molecule has 2 saturated heterocycles. The summed E-state index contributed by atoms with van der Waals surface area (Å²) in [6.07, 6.45) is 0.212. The van der Waals surface area contributed by atoms with Crippen LogP contribution in [-0.2, 0) is 9.59 Å². The van der Waals surface area contributed by atoms with Crippen LogP contribution in [0.5, 0.6) is 5.75 Å². The minimum absolute atomic E-state index is 0.157. The summed E-state index contributed by atoms with van der Waals surface area (Å²) in [5.74, 6) is 0.504. The SMILES string of the molecule is COc1cccc(N2CCN([C@H]3CC(=O)N(c4cc(Cl)ccc4C)C3=O)CC2)c1. The van der Waals surface area contributed by atoms with E-state index in [0.717, 1.165) is 43.2 Å². The van der Waals surface area contributed by atoms with Gasteiger partial charge in [-0.2, -0.15) is 0 Å². The Morgan fingerprint density at radius 1 is 1.03 bits per heavy atom. The maximum absolute atomic E-state index is 13.1. The fraction of sp³-hybridized carbons (Fsp3) is 0.364. The van der Waals surface area contributed by atoms with Gasteiger partial charge in [0, 0.05) is 43.0 Å². The summed E-state index contributed by atoms with van der Waals surface area (Å²) in [7, 11) is 1.66. The van der Waals surface area contributed by atoms with Gasteiger partial charge in [0.1, 0.15) is 5.75 Å². The van der Waals surface area contributed by atoms with Gasteiger partial charge < -0.3 is 9.64 Å². The molecule has 7 heteroatoms. The lowest BCUT2D eigenvalue weighted by atomic mass is 10.1. The molecule has 1 atom stereocenters. The highest BCUT2D eigenvalue weighted by Crippen LogP contribution is 2.31. The number of amides is 2. The monoisotopic (exact) mass is 413 g/mol. The number of hydrogen-bond donors (Lipinski definition) is 0. The van der Waals surface area contributed by atoms with Crippen LogP contribution in [0.2, 0.25) is 5.02 Å². The van der Waals surface area contributed by atoms with Crippen LogP contribution in [0.4, 0.5) is 11.4 Å². The molecule has 2 aromatic carbocycles. The first kappa shape index (κ1) is 19.7. The molecule has 4 rings (SSSR count). The highest BCUT2D eigenvalue weighted by molar-refractivity contribution is 6.31. The number of anilines is 2. The van der Waals surface area contributed by atoms with Crippen LogP contribution in [0, 0.1) is 6.92 Å². The number of imide groups is 1. The summed E-state index contributed by atoms with van der Waals surface area (Å²) in [4.78, 5) is 31.5. The number of aryl methyl sites for hydroxylation is 1. The molecule has 0 aliphatic carbocycles. The molecule has 0 unspecified atom stereocenters. The predicted molar refractivity (Wildman–Crippen MR) is 114 cm³/mol. The Balaban J connectivity index is 1.46. The Kier molecular flexibility index (Phi) is 5.48. The standard InChI is InChI=1S/C22H24ClN3O3/c1-15-6-7-16(23)12-19(15)26-21(27)14-20(22(26)28)25-10-8-24(9-11-25)17-4-3-5-18(13-17)29-2/h3-7,12-13,20H,8-11,14H2,1-2H3/t20-/m0/s1. The molecule has 2 aliphatic rings. The molecule has 0 saturated carbocycles. The summed E-state index contributed by atoms with van der Waals surface area (Å²) in [5, 5.41) is 0.515. The number of rotatable bonds is 4. The average Bonchev–Trinajstić information content (AvgIpc) is 3.04. The molecule has 2 aliphatic heterocycles. The zero-order valence-electron chi connectivity index (χ0n) is 16.6. The first-order valence-corrected chi connectivity index (χ1v) is 10.1. The van der Waals surface area contributed by atoms with E-state index in [9.17, 15) is 9.59 Å². The van der Waals surface area contributed by atoms with Gasteiger partial charge in [0.15, 0.2) is 0 Å². The molecule has 2 heterocycles. The zero-order valence-corrected chi connectivity index (χ0v) is 17.4. The summed E-state index contributed by atoms with van der Waals surface area (Å²) in [6.45, 7) is 4.92. The van der Waals surface area contributed by atoms with E-state index >= 15 is 0 Å². The fourth-order valence-corrected chi connectivity index (χ4v) is 4.24. The van der Waals surface area contributed by atoms with Crippen molar-refractivity contribution >= 4 is 34.8 Å². The van der Waals surface area contributed by atoms with Gasteiger partial charge >= 0.3 is 0 Å². The molecule has 152 valence electrons. The smallest absolute Gasteiger partial charge is 0.251 e. The van der Waals surface area contributed by atoms with E-state index in [4.69, 9.17) is 16.3 Å². The number of carbonyl (C=O) groups excluding carboxylic acids is 2. The summed E-state index contributed by atoms with van der Waals surface area (Å²) in [6, 6.07) is 12.9. The van der Waals surface area contributed by atoms with Crippen molar-refractivity contribution in [3.63, 3.8) is 0 Å². The molecule has 2 fully saturated rings. The van der Waals surface area contributed by atoms with E-state index in [0.29, 0.717) is 10.7 Å². The largest absolute Gasteiger partial charge is 0.497 e. The normalized spacial score (nSPS) is 20.4. The van der Waals surface area contributed by atoms with Gasteiger partial charge in [-0.05, 0) is 36.8 Å². The van der Waals surface area contributed by atoms with Gasteiger partial charge in [0.05, 0.1) is 25.3 Å². The molecular formula is C22H24ClN3O3. The van der Waals surface area contributed by atoms with Crippen molar-refractivity contribution in [1.82, 2.24) is 4.90 Å². The van der Waals surface area contributed by atoms with E-state index in [1.54, 1.807) is 19.2 Å². The van der Waals surface area contributed by atoms with Gasteiger partial charge in [0.2, 0.25) is 5.91 Å². The number of halogens is 1. The lowest BCUT2D eigenvalue weighted by Gasteiger charge is -2.38. The van der Waals surface area contributed by atoms with Crippen molar-refractivity contribution in [2.24, 2.45) is 0 Å². The summed E-state index contributed by atoms with van der Waals surface area (Å²) < 4.78 is 5.31. The molecule has 2 amide bonds. The Labute approximate surface area is 175 Å². The van der Waals surface area contributed by atoms with E-state index in [1.807, 2.05) is 31.2 Å². The third-order valence-electron chi connectivity index (χ3n) is 5.71. The van der Waals surface area contributed by atoms with E-state index in [1.165, 1.54) is 4.90 Å². The van der Waals surface area contributed by atoms with Crippen molar-refractivity contribution in [1.29, 1.82) is 0 Å². The lowest BCUT2D eigenvalue weighted by Crippen LogP contribution is -2.52. The Morgan fingerprint density at radius 2 is 1.79 bits per heavy atom. The lowest BCUT2D eigenvalue weighted by molar-refractivity contribution is -0.123. The first-order valence-electron chi connectivity index (χ1n) is 9.74. The van der Waals surface area contributed by atoms with Crippen molar-refractivity contribution in [3.8, 4) is 5.75 Å². The van der Waals surface area contributed by atoms with Crippen LogP contribution < -0.4 is 14.5 Å². The number of nitrogens with zero attached hydrogens (tertiary/aromatic N) is 3. The van der Waals surface area contributed by atoms with Crippen molar-refractivity contribution < 1.29 is 14.3 Å². The number of hydrogen-bond acceptors (Lipinski definition) is 5. The Morgan fingerprint density at radius 3 is 2.52 bits per heavy atom. The molecule has 2 aromatic rings. The second-order valence-electron chi connectivity index (χ2n) is 7.44. The van der Waals surface area contributed by atoms with E-state index < -0.39 is 6.04 Å². The van der Waals surface area contributed by atoms with E-state index in [2.05, 4.69) is 15.9 Å². The fourth-order valence-electron chi connectivity index (χ4n) is 4.08. The van der Waals surface area contributed by atoms with Crippen LogP contribution in [0.3, 0.4) is 0 Å². The van der Waals surface area contributed by atoms with Gasteiger partial charge in [0.25, 0.3) is 5.91 Å². The van der Waals surface area contributed by atoms with E-state index in [-0.39, 0.29) is 18.2 Å². The van der Waals surface area contributed by atoms with Crippen molar-refractivity contribution in [3.05, 3.63) is 53.1 Å². The molecule has 29 heavy (non-hydrogen) atoms. The summed E-state index contributed by atoms with van der Waals surface area (Å²) >= 11 is 6.10. The minimum atomic E-state index is -0.409. The Bertz CT molecular complexity index is 941. The number of methoxy groups -OCH3 is 1. The second-order valence-corrected chi connectivity index (χ2v) is 7.88. The molecule has 0 radical (unpaired) electrons. The third-order valence-corrected chi connectivity index (χ3v) is 5.94. The maximum atomic E-state index is 13.1. The second kappa shape index (κ2) is 8.05. The molecule has 0 bridgehead atoms. The van der Waals surface area contributed by atoms with Crippen LogP contribution in [0.15, 0.2) is 42.5 Å². The molecule has 0 N–H and O–H groups in total. The van der Waals surface area contributed by atoms with Crippen LogP contribution in [0.1, 0.15) is 12.0 Å². The number of ether oxygens (including phenoxy) is 1. The van der Waals surface area contributed by atoms with Gasteiger partial charge in [-0.25, -0.2) is 4.90 Å². The highest BCUT2D eigenvalue weighted by Gasteiger charge is 2.43. The van der Waals surface area contributed by atoms with Gasteiger partial charge in [-0.1, -0.05) is 23.7 Å².